The molecule has 0 saturated heterocycles. The molecule has 0 spiro atoms. The number of aromatic nitrogens is 1. The highest BCUT2D eigenvalue weighted by atomic mass is 32.2. The van der Waals surface area contributed by atoms with Gasteiger partial charge in [0.2, 0.25) is 10.0 Å². The van der Waals surface area contributed by atoms with Crippen LogP contribution in [0.5, 0.6) is 11.5 Å². The minimum Gasteiger partial charge on any atom is -0.497 e. The molecule has 0 fully saturated rings. The smallest absolute Gasteiger partial charge is 0.215 e. The SMILES string of the molecule is COc1ccc(OCCS(=O)(=O)NCc2sc(-c3ccco3)nc2C)cc1. The van der Waals surface area contributed by atoms with Crippen molar-refractivity contribution in [3.63, 3.8) is 0 Å². The third-order valence-corrected chi connectivity index (χ3v) is 6.22. The summed E-state index contributed by atoms with van der Waals surface area (Å²) in [5.41, 5.74) is 0.781. The molecular formula is C18H20N2O5S2. The number of nitrogens with zero attached hydrogens (tertiary/aromatic N) is 1. The Kier molecular flexibility index (Phi) is 6.15. The van der Waals surface area contributed by atoms with Gasteiger partial charge in [-0.15, -0.1) is 11.3 Å². The molecule has 0 aliphatic carbocycles. The maximum atomic E-state index is 12.2. The lowest BCUT2D eigenvalue weighted by atomic mass is 10.3. The lowest BCUT2D eigenvalue weighted by Crippen LogP contribution is -2.28. The van der Waals surface area contributed by atoms with Gasteiger partial charge in [0.1, 0.15) is 18.1 Å². The van der Waals surface area contributed by atoms with E-state index in [1.807, 2.05) is 13.0 Å². The Morgan fingerprint density at radius 1 is 1.19 bits per heavy atom. The molecule has 9 heteroatoms. The monoisotopic (exact) mass is 408 g/mol. The third-order valence-electron chi connectivity index (χ3n) is 3.76. The predicted molar refractivity (Wildman–Crippen MR) is 104 cm³/mol. The van der Waals surface area contributed by atoms with E-state index in [2.05, 4.69) is 9.71 Å². The van der Waals surface area contributed by atoms with Crippen molar-refractivity contribution in [3.05, 3.63) is 53.2 Å². The Morgan fingerprint density at radius 2 is 1.93 bits per heavy atom. The average molecular weight is 409 g/mol. The van der Waals surface area contributed by atoms with Crippen molar-refractivity contribution in [2.24, 2.45) is 0 Å². The van der Waals surface area contributed by atoms with Crippen molar-refractivity contribution in [2.45, 2.75) is 13.5 Å². The summed E-state index contributed by atoms with van der Waals surface area (Å²) in [6, 6.07) is 10.6. The maximum Gasteiger partial charge on any atom is 0.215 e. The Labute approximate surface area is 162 Å². The van der Waals surface area contributed by atoms with Gasteiger partial charge in [0, 0.05) is 11.4 Å². The van der Waals surface area contributed by atoms with E-state index in [0.29, 0.717) is 17.3 Å². The lowest BCUT2D eigenvalue weighted by Gasteiger charge is -2.08. The fourth-order valence-corrected chi connectivity index (χ4v) is 4.16. The van der Waals surface area contributed by atoms with Crippen LogP contribution in [0.1, 0.15) is 10.6 Å². The summed E-state index contributed by atoms with van der Waals surface area (Å²) >= 11 is 1.41. The van der Waals surface area contributed by atoms with Crippen LogP contribution >= 0.6 is 11.3 Å². The van der Waals surface area contributed by atoms with Crippen LogP contribution in [0.15, 0.2) is 47.1 Å². The Bertz CT molecular complexity index is 964. The van der Waals surface area contributed by atoms with Crippen molar-refractivity contribution in [2.75, 3.05) is 19.5 Å². The lowest BCUT2D eigenvalue weighted by molar-refractivity contribution is 0.339. The van der Waals surface area contributed by atoms with E-state index in [9.17, 15) is 8.42 Å². The fraction of sp³-hybridized carbons (Fsp3) is 0.278. The molecule has 7 nitrogen and oxygen atoms in total. The van der Waals surface area contributed by atoms with Crippen LogP contribution in [-0.2, 0) is 16.6 Å². The van der Waals surface area contributed by atoms with Crippen molar-refractivity contribution in [3.8, 4) is 22.3 Å². The molecule has 0 aliphatic rings. The van der Waals surface area contributed by atoms with Gasteiger partial charge >= 0.3 is 0 Å². The second-order valence-corrected chi connectivity index (χ2v) is 8.68. The topological polar surface area (TPSA) is 90.7 Å². The summed E-state index contributed by atoms with van der Waals surface area (Å²) in [4.78, 5) is 5.27. The highest BCUT2D eigenvalue weighted by Gasteiger charge is 2.15. The van der Waals surface area contributed by atoms with E-state index in [4.69, 9.17) is 13.9 Å². The third kappa shape index (κ3) is 5.31. The number of nitrogens with one attached hydrogen (secondary N) is 1. The Hall–Kier alpha value is -2.36. The van der Waals surface area contributed by atoms with Gasteiger partial charge in [0.25, 0.3) is 0 Å². The average Bonchev–Trinajstić information content (AvgIpc) is 3.30. The van der Waals surface area contributed by atoms with Crippen LogP contribution in [0.2, 0.25) is 0 Å². The van der Waals surface area contributed by atoms with E-state index in [-0.39, 0.29) is 18.9 Å². The van der Waals surface area contributed by atoms with Gasteiger partial charge < -0.3 is 13.9 Å². The Balaban J connectivity index is 1.51. The summed E-state index contributed by atoms with van der Waals surface area (Å²) in [6.07, 6.45) is 1.58. The normalized spacial score (nSPS) is 11.5. The van der Waals surface area contributed by atoms with Gasteiger partial charge in [0.05, 0.1) is 24.8 Å². The quantitative estimate of drug-likeness (QED) is 0.585. The zero-order valence-corrected chi connectivity index (χ0v) is 16.6. The molecular weight excluding hydrogens is 388 g/mol. The summed E-state index contributed by atoms with van der Waals surface area (Å²) in [6.45, 7) is 2.09. The second kappa shape index (κ2) is 8.55. The number of methoxy groups -OCH3 is 1. The molecule has 0 unspecified atom stereocenters. The van der Waals surface area contributed by atoms with Crippen molar-refractivity contribution in [1.29, 1.82) is 0 Å². The molecule has 2 aromatic heterocycles. The number of rotatable bonds is 9. The van der Waals surface area contributed by atoms with E-state index in [1.54, 1.807) is 43.7 Å². The summed E-state index contributed by atoms with van der Waals surface area (Å²) in [5.74, 6) is 1.84. The molecule has 0 saturated carbocycles. The van der Waals surface area contributed by atoms with Gasteiger partial charge in [-0.05, 0) is 43.3 Å². The van der Waals surface area contributed by atoms with Crippen molar-refractivity contribution >= 4 is 21.4 Å². The molecule has 144 valence electrons. The minimum atomic E-state index is -3.47. The molecule has 1 aromatic carbocycles. The van der Waals surface area contributed by atoms with Gasteiger partial charge in [-0.25, -0.2) is 18.1 Å². The molecule has 0 bridgehead atoms. The summed E-state index contributed by atoms with van der Waals surface area (Å²) in [7, 11) is -1.89. The van der Waals surface area contributed by atoms with Crippen LogP contribution < -0.4 is 14.2 Å². The first-order valence-corrected chi connectivity index (χ1v) is 10.7. The standard InChI is InChI=1S/C18H20N2O5S2/c1-13-17(26-18(20-13)16-4-3-9-25-16)12-19-27(21,22)11-10-24-15-7-5-14(23-2)6-8-15/h3-9,19H,10-12H2,1-2H3. The van der Waals surface area contributed by atoms with Gasteiger partial charge in [-0.3, -0.25) is 0 Å². The van der Waals surface area contributed by atoms with Crippen LogP contribution in [-0.4, -0.2) is 32.9 Å². The van der Waals surface area contributed by atoms with E-state index in [1.165, 1.54) is 11.3 Å². The number of ether oxygens (including phenoxy) is 2. The van der Waals surface area contributed by atoms with Crippen molar-refractivity contribution < 1.29 is 22.3 Å². The largest absolute Gasteiger partial charge is 0.497 e. The number of benzene rings is 1. The van der Waals surface area contributed by atoms with Crippen molar-refractivity contribution in [1.82, 2.24) is 9.71 Å². The molecule has 0 atom stereocenters. The maximum absolute atomic E-state index is 12.2. The molecule has 0 radical (unpaired) electrons. The molecule has 0 aliphatic heterocycles. The first-order chi connectivity index (χ1) is 13.0. The zero-order valence-electron chi connectivity index (χ0n) is 15.0. The number of furan rings is 1. The number of sulfonamides is 1. The first-order valence-electron chi connectivity index (χ1n) is 8.21. The van der Waals surface area contributed by atoms with Gasteiger partial charge in [-0.1, -0.05) is 0 Å². The van der Waals surface area contributed by atoms with E-state index in [0.717, 1.165) is 15.6 Å². The summed E-state index contributed by atoms with van der Waals surface area (Å²) in [5, 5.41) is 0.731. The van der Waals surface area contributed by atoms with Gasteiger partial charge in [-0.2, -0.15) is 0 Å². The number of hydrogen-bond acceptors (Lipinski definition) is 7. The van der Waals surface area contributed by atoms with E-state index < -0.39 is 10.0 Å². The summed E-state index contributed by atoms with van der Waals surface area (Å²) < 4.78 is 42.8. The van der Waals surface area contributed by atoms with Crippen LogP contribution in [0, 0.1) is 6.92 Å². The molecule has 3 rings (SSSR count). The van der Waals surface area contributed by atoms with E-state index >= 15 is 0 Å². The fourth-order valence-electron chi connectivity index (χ4n) is 2.29. The molecule has 27 heavy (non-hydrogen) atoms. The van der Waals surface area contributed by atoms with Crippen LogP contribution in [0.3, 0.4) is 0 Å². The van der Waals surface area contributed by atoms with Crippen LogP contribution in [0.25, 0.3) is 10.8 Å². The number of aryl methyl sites for hydroxylation is 1. The predicted octanol–water partition coefficient (Wildman–Crippen LogP) is 3.22. The molecule has 1 N–H and O–H groups in total. The number of thiazole rings is 1. The number of hydrogen-bond donors (Lipinski definition) is 1. The minimum absolute atomic E-state index is 0.0565. The first kappa shape index (κ1) is 19.4. The van der Waals surface area contributed by atoms with Gasteiger partial charge in [0.15, 0.2) is 10.8 Å². The highest BCUT2D eigenvalue weighted by molar-refractivity contribution is 7.89. The Morgan fingerprint density at radius 3 is 2.59 bits per heavy atom. The molecule has 2 heterocycles. The highest BCUT2D eigenvalue weighted by Crippen LogP contribution is 2.28. The second-order valence-electron chi connectivity index (χ2n) is 5.67. The zero-order chi connectivity index (χ0) is 19.3. The molecule has 0 amide bonds. The van der Waals surface area contributed by atoms with Crippen LogP contribution in [0.4, 0.5) is 0 Å². The molecule has 3 aromatic rings.